The van der Waals surface area contributed by atoms with Gasteiger partial charge in [-0.05, 0) is 79.1 Å². The van der Waals surface area contributed by atoms with Gasteiger partial charge in [0.25, 0.3) is 5.91 Å². The standard InChI is InChI=1S/C27H26N2O3S/c1-4-15-32-24-16-20(13-14-23(24)30)17-25-26(31)29(22-12-8-6-10-19(22)3)27(33-25)28-21-11-7-5-9-18(21)2/h5-14,16-17,30H,4,15H2,1-3H3. The van der Waals surface area contributed by atoms with E-state index in [1.165, 1.54) is 11.8 Å². The largest absolute Gasteiger partial charge is 0.504 e. The van der Waals surface area contributed by atoms with Crippen molar-refractivity contribution in [2.75, 3.05) is 11.5 Å². The number of carbonyl (C=O) groups is 1. The van der Waals surface area contributed by atoms with Crippen LogP contribution in [0.5, 0.6) is 11.5 Å². The maximum atomic E-state index is 13.5. The van der Waals surface area contributed by atoms with E-state index in [4.69, 9.17) is 9.73 Å². The molecule has 0 atom stereocenters. The van der Waals surface area contributed by atoms with Crippen molar-refractivity contribution in [2.45, 2.75) is 27.2 Å². The molecular weight excluding hydrogens is 432 g/mol. The number of thioether (sulfide) groups is 1. The van der Waals surface area contributed by atoms with Gasteiger partial charge < -0.3 is 9.84 Å². The predicted molar refractivity (Wildman–Crippen MR) is 136 cm³/mol. The number of aryl methyl sites for hydroxylation is 2. The van der Waals surface area contributed by atoms with Gasteiger partial charge in [-0.1, -0.05) is 49.4 Å². The lowest BCUT2D eigenvalue weighted by Gasteiger charge is -2.18. The highest BCUT2D eigenvalue weighted by molar-refractivity contribution is 8.19. The summed E-state index contributed by atoms with van der Waals surface area (Å²) >= 11 is 1.34. The molecule has 0 saturated carbocycles. The van der Waals surface area contributed by atoms with E-state index in [1.807, 2.05) is 75.4 Å². The molecule has 1 saturated heterocycles. The first-order valence-corrected chi connectivity index (χ1v) is 11.7. The number of benzene rings is 3. The minimum absolute atomic E-state index is 0.0827. The summed E-state index contributed by atoms with van der Waals surface area (Å²) in [5.74, 6) is 0.358. The molecule has 0 aromatic heterocycles. The first-order chi connectivity index (χ1) is 16.0. The molecule has 1 amide bonds. The van der Waals surface area contributed by atoms with Gasteiger partial charge in [-0.15, -0.1) is 0 Å². The molecule has 1 aliphatic heterocycles. The van der Waals surface area contributed by atoms with E-state index in [9.17, 15) is 9.90 Å². The van der Waals surface area contributed by atoms with Crippen LogP contribution in [0.4, 0.5) is 11.4 Å². The second-order valence-electron chi connectivity index (χ2n) is 7.79. The Bertz CT molecular complexity index is 1250. The fraction of sp³-hybridized carbons (Fsp3) is 0.185. The zero-order valence-corrected chi connectivity index (χ0v) is 19.7. The van der Waals surface area contributed by atoms with E-state index in [1.54, 1.807) is 23.1 Å². The van der Waals surface area contributed by atoms with Crippen LogP contribution in [0.15, 0.2) is 76.6 Å². The van der Waals surface area contributed by atoms with Crippen molar-refractivity contribution in [3.63, 3.8) is 0 Å². The first kappa shape index (κ1) is 22.7. The van der Waals surface area contributed by atoms with Crippen LogP contribution in [0, 0.1) is 13.8 Å². The van der Waals surface area contributed by atoms with E-state index in [2.05, 4.69) is 0 Å². The summed E-state index contributed by atoms with van der Waals surface area (Å²) in [5.41, 5.74) is 4.44. The summed E-state index contributed by atoms with van der Waals surface area (Å²) < 4.78 is 5.63. The third kappa shape index (κ3) is 4.96. The molecule has 0 aliphatic carbocycles. The summed E-state index contributed by atoms with van der Waals surface area (Å²) in [6.45, 7) is 6.50. The number of para-hydroxylation sites is 2. The number of rotatable bonds is 6. The normalized spacial score (nSPS) is 16.1. The van der Waals surface area contributed by atoms with Crippen LogP contribution in [0.3, 0.4) is 0 Å². The van der Waals surface area contributed by atoms with Gasteiger partial charge in [0.05, 0.1) is 22.9 Å². The van der Waals surface area contributed by atoms with E-state index < -0.39 is 0 Å². The average molecular weight is 459 g/mol. The van der Waals surface area contributed by atoms with Gasteiger partial charge in [0.15, 0.2) is 16.7 Å². The Kier molecular flexibility index (Phi) is 6.84. The van der Waals surface area contributed by atoms with Gasteiger partial charge in [-0.3, -0.25) is 9.69 Å². The summed E-state index contributed by atoms with van der Waals surface area (Å²) in [4.78, 5) is 20.6. The molecule has 3 aromatic rings. The minimum atomic E-state index is -0.134. The highest BCUT2D eigenvalue weighted by Gasteiger charge is 2.35. The van der Waals surface area contributed by atoms with Gasteiger partial charge in [-0.25, -0.2) is 4.99 Å². The molecule has 0 bridgehead atoms. The van der Waals surface area contributed by atoms with Crippen LogP contribution >= 0.6 is 11.8 Å². The minimum Gasteiger partial charge on any atom is -0.504 e. The predicted octanol–water partition coefficient (Wildman–Crippen LogP) is 6.61. The molecule has 3 aromatic carbocycles. The van der Waals surface area contributed by atoms with Crippen molar-refractivity contribution in [1.82, 2.24) is 0 Å². The summed E-state index contributed by atoms with van der Waals surface area (Å²) in [5, 5.41) is 10.7. The van der Waals surface area contributed by atoms with Crippen LogP contribution in [-0.2, 0) is 4.79 Å². The van der Waals surface area contributed by atoms with Gasteiger partial charge in [0, 0.05) is 0 Å². The lowest BCUT2D eigenvalue weighted by Crippen LogP contribution is -2.29. The van der Waals surface area contributed by atoms with Gasteiger partial charge in [-0.2, -0.15) is 0 Å². The molecule has 0 unspecified atom stereocenters. The van der Waals surface area contributed by atoms with Crippen molar-refractivity contribution in [2.24, 2.45) is 4.99 Å². The van der Waals surface area contributed by atoms with E-state index in [0.717, 1.165) is 34.5 Å². The van der Waals surface area contributed by atoms with Crippen molar-refractivity contribution >= 4 is 40.3 Å². The van der Waals surface area contributed by atoms with E-state index >= 15 is 0 Å². The number of hydrogen-bond donors (Lipinski definition) is 1. The summed E-state index contributed by atoms with van der Waals surface area (Å²) in [6.07, 6.45) is 2.65. The molecule has 4 rings (SSSR count). The quantitative estimate of drug-likeness (QED) is 0.422. The molecule has 1 fully saturated rings. The molecule has 1 N–H and O–H groups in total. The number of phenols is 1. The highest BCUT2D eigenvalue weighted by Crippen LogP contribution is 2.39. The number of carbonyl (C=O) groups excluding carboxylic acids is 1. The molecule has 1 aliphatic rings. The SMILES string of the molecule is CCCOc1cc(C=C2SC(=Nc3ccccc3C)N(c3ccccc3C)C2=O)ccc1O. The molecule has 0 radical (unpaired) electrons. The maximum Gasteiger partial charge on any atom is 0.271 e. The van der Waals surface area contributed by atoms with Crippen molar-refractivity contribution < 1.29 is 14.6 Å². The third-order valence-corrected chi connectivity index (χ3v) is 6.21. The highest BCUT2D eigenvalue weighted by atomic mass is 32.2. The van der Waals surface area contributed by atoms with Crippen molar-refractivity contribution in [3.8, 4) is 11.5 Å². The van der Waals surface area contributed by atoms with Crippen LogP contribution in [0.2, 0.25) is 0 Å². The van der Waals surface area contributed by atoms with E-state index in [0.29, 0.717) is 22.4 Å². The number of amides is 1. The van der Waals surface area contributed by atoms with Crippen LogP contribution in [-0.4, -0.2) is 22.8 Å². The Morgan fingerprint density at radius 1 is 1.03 bits per heavy atom. The van der Waals surface area contributed by atoms with Crippen LogP contribution in [0.1, 0.15) is 30.0 Å². The molecule has 6 heteroatoms. The molecular formula is C27H26N2O3S. The average Bonchev–Trinajstić information content (AvgIpc) is 3.10. The number of aliphatic imine (C=N–C) groups is 1. The van der Waals surface area contributed by atoms with Gasteiger partial charge >= 0.3 is 0 Å². The van der Waals surface area contributed by atoms with Gasteiger partial charge in [0.1, 0.15) is 0 Å². The number of aromatic hydroxyl groups is 1. The second-order valence-corrected chi connectivity index (χ2v) is 8.80. The smallest absolute Gasteiger partial charge is 0.271 e. The number of anilines is 1. The summed E-state index contributed by atoms with van der Waals surface area (Å²) in [6, 6.07) is 20.8. The second kappa shape index (κ2) is 9.96. The number of nitrogens with zero attached hydrogens (tertiary/aromatic N) is 2. The molecule has 0 spiro atoms. The zero-order chi connectivity index (χ0) is 23.4. The topological polar surface area (TPSA) is 62.1 Å². The van der Waals surface area contributed by atoms with Crippen molar-refractivity contribution in [3.05, 3.63) is 88.3 Å². The third-order valence-electron chi connectivity index (χ3n) is 5.24. The lowest BCUT2D eigenvalue weighted by molar-refractivity contribution is -0.113. The lowest BCUT2D eigenvalue weighted by atomic mass is 10.1. The fourth-order valence-electron chi connectivity index (χ4n) is 3.47. The monoisotopic (exact) mass is 458 g/mol. The number of ether oxygens (including phenoxy) is 1. The number of hydrogen-bond acceptors (Lipinski definition) is 5. The Morgan fingerprint density at radius 3 is 2.48 bits per heavy atom. The maximum absolute atomic E-state index is 13.5. The molecule has 33 heavy (non-hydrogen) atoms. The van der Waals surface area contributed by atoms with Crippen LogP contribution in [0.25, 0.3) is 6.08 Å². The van der Waals surface area contributed by atoms with Crippen LogP contribution < -0.4 is 9.64 Å². The fourth-order valence-corrected chi connectivity index (χ4v) is 4.45. The number of phenolic OH excluding ortho intramolecular Hbond substituents is 1. The molecule has 1 heterocycles. The molecule has 5 nitrogen and oxygen atoms in total. The Balaban J connectivity index is 1.77. The van der Waals surface area contributed by atoms with Gasteiger partial charge in [0.2, 0.25) is 0 Å². The Hall–Kier alpha value is -3.51. The van der Waals surface area contributed by atoms with E-state index in [-0.39, 0.29) is 11.7 Å². The van der Waals surface area contributed by atoms with Crippen molar-refractivity contribution in [1.29, 1.82) is 0 Å². The Morgan fingerprint density at radius 2 is 1.76 bits per heavy atom. The zero-order valence-electron chi connectivity index (χ0n) is 18.9. The first-order valence-electron chi connectivity index (χ1n) is 10.9. The molecule has 168 valence electrons. The summed E-state index contributed by atoms with van der Waals surface area (Å²) in [7, 11) is 0. The Labute approximate surface area is 198 Å². The number of amidine groups is 1.